The Morgan fingerprint density at radius 3 is 2.52 bits per heavy atom. The molecule has 0 saturated heterocycles. The van der Waals surface area contributed by atoms with Crippen LogP contribution in [0, 0.1) is 11.7 Å². The second-order valence-electron chi connectivity index (χ2n) is 12.0. The maximum absolute atomic E-state index is 14.0. The third-order valence-corrected chi connectivity index (χ3v) is 8.71. The van der Waals surface area contributed by atoms with E-state index < -0.39 is 5.60 Å². The van der Waals surface area contributed by atoms with Crippen LogP contribution < -0.4 is 5.69 Å². The number of fused-ring (bicyclic) bond motifs is 2. The van der Waals surface area contributed by atoms with Crippen LogP contribution in [0.4, 0.5) is 4.39 Å². The average molecular weight is 604 g/mol. The van der Waals surface area contributed by atoms with Gasteiger partial charge in [0.1, 0.15) is 18.0 Å². The predicted octanol–water partition coefficient (Wildman–Crippen LogP) is 6.10. The van der Waals surface area contributed by atoms with E-state index in [2.05, 4.69) is 25.8 Å². The normalized spacial score (nSPS) is 18.3. The lowest BCUT2D eigenvalue weighted by atomic mass is 9.65. The zero-order valence-corrected chi connectivity index (χ0v) is 26.6. The molecule has 1 aliphatic rings. The number of esters is 1. The molecule has 7 nitrogen and oxygen atoms in total. The van der Waals surface area contributed by atoms with Crippen molar-refractivity contribution in [1.82, 2.24) is 14.0 Å². The van der Waals surface area contributed by atoms with Crippen molar-refractivity contribution in [1.29, 1.82) is 0 Å². The number of rotatable bonds is 14. The van der Waals surface area contributed by atoms with E-state index in [1.165, 1.54) is 13.2 Å². The highest BCUT2D eigenvalue weighted by atomic mass is 35.5. The monoisotopic (exact) mass is 603 g/mol. The van der Waals surface area contributed by atoms with Gasteiger partial charge < -0.3 is 14.4 Å². The number of unbranched alkanes of at least 4 members (excludes halogenated alkanes) is 3. The lowest BCUT2D eigenvalue weighted by molar-refractivity contribution is -0.172. The first-order valence-electron chi connectivity index (χ1n) is 15.0. The minimum absolute atomic E-state index is 0. The molecule has 2 aromatic carbocycles. The van der Waals surface area contributed by atoms with Crippen molar-refractivity contribution in [3.8, 4) is 0 Å². The molecule has 42 heavy (non-hydrogen) atoms. The van der Waals surface area contributed by atoms with E-state index in [0.29, 0.717) is 19.3 Å². The number of para-hydroxylation sites is 2. The maximum Gasteiger partial charge on any atom is 0.332 e. The number of methoxy groups -OCH3 is 1. The van der Waals surface area contributed by atoms with Crippen LogP contribution in [0.3, 0.4) is 0 Å². The molecule has 4 rings (SSSR count). The molecule has 0 bridgehead atoms. The molecular formula is C33H47ClFN3O4. The van der Waals surface area contributed by atoms with Gasteiger partial charge in [-0.05, 0) is 80.6 Å². The average Bonchev–Trinajstić information content (AvgIpc) is 3.18. The predicted molar refractivity (Wildman–Crippen MR) is 168 cm³/mol. The lowest BCUT2D eigenvalue weighted by Gasteiger charge is -2.47. The Labute approximate surface area is 255 Å². The van der Waals surface area contributed by atoms with E-state index in [4.69, 9.17) is 9.47 Å². The molecule has 1 heterocycles. The first-order valence-corrected chi connectivity index (χ1v) is 15.0. The van der Waals surface area contributed by atoms with Crippen LogP contribution in [-0.4, -0.2) is 59.5 Å². The Balaban J connectivity index is 0.00000484. The number of aryl methyl sites for hydroxylation is 3. The van der Waals surface area contributed by atoms with Crippen molar-refractivity contribution >= 4 is 29.4 Å². The Morgan fingerprint density at radius 2 is 1.81 bits per heavy atom. The van der Waals surface area contributed by atoms with Crippen LogP contribution in [0.25, 0.3) is 11.0 Å². The number of imidazole rings is 1. The molecular weight excluding hydrogens is 557 g/mol. The number of benzene rings is 2. The molecule has 1 aliphatic carbocycles. The summed E-state index contributed by atoms with van der Waals surface area (Å²) in [6, 6.07) is 13.0. The van der Waals surface area contributed by atoms with Gasteiger partial charge >= 0.3 is 11.7 Å². The minimum atomic E-state index is -0.658. The molecule has 0 amide bonds. The topological polar surface area (TPSA) is 65.7 Å². The highest BCUT2D eigenvalue weighted by Crippen LogP contribution is 2.48. The third kappa shape index (κ3) is 7.63. The number of aromatic nitrogens is 2. The Morgan fingerprint density at radius 1 is 1.10 bits per heavy atom. The lowest BCUT2D eigenvalue weighted by Crippen LogP contribution is -2.49. The van der Waals surface area contributed by atoms with Gasteiger partial charge in [0, 0.05) is 39.6 Å². The zero-order valence-electron chi connectivity index (χ0n) is 25.7. The SMILES string of the molecule is COCC(=O)O[C@]1(CCN(C)CCCCCCn2c(=O)n(C)c3ccccc32)CCc2cc(F)ccc2[C@@H]1C(C)C.Cl. The highest BCUT2D eigenvalue weighted by molar-refractivity contribution is 5.85. The van der Waals surface area contributed by atoms with E-state index >= 15 is 0 Å². The van der Waals surface area contributed by atoms with Crippen LogP contribution in [-0.2, 0) is 34.3 Å². The molecule has 0 spiro atoms. The summed E-state index contributed by atoms with van der Waals surface area (Å²) in [7, 11) is 5.45. The Hall–Kier alpha value is -2.68. The summed E-state index contributed by atoms with van der Waals surface area (Å²) in [6.45, 7) is 6.70. The molecule has 0 fully saturated rings. The van der Waals surface area contributed by atoms with Gasteiger partial charge in [0.2, 0.25) is 0 Å². The number of carbonyl (C=O) groups is 1. The molecule has 0 saturated carbocycles. The van der Waals surface area contributed by atoms with Gasteiger partial charge in [-0.2, -0.15) is 0 Å². The first-order chi connectivity index (χ1) is 19.7. The molecule has 9 heteroatoms. The number of ether oxygens (including phenoxy) is 2. The third-order valence-electron chi connectivity index (χ3n) is 8.71. The van der Waals surface area contributed by atoms with Crippen molar-refractivity contribution in [3.63, 3.8) is 0 Å². The minimum Gasteiger partial charge on any atom is -0.457 e. The summed E-state index contributed by atoms with van der Waals surface area (Å²) >= 11 is 0. The molecule has 232 valence electrons. The zero-order chi connectivity index (χ0) is 29.6. The van der Waals surface area contributed by atoms with E-state index in [0.717, 1.165) is 67.5 Å². The molecule has 0 unspecified atom stereocenters. The smallest absolute Gasteiger partial charge is 0.332 e. The molecule has 0 N–H and O–H groups in total. The summed E-state index contributed by atoms with van der Waals surface area (Å²) in [4.78, 5) is 27.7. The highest BCUT2D eigenvalue weighted by Gasteiger charge is 2.47. The van der Waals surface area contributed by atoms with Gasteiger partial charge in [0.05, 0.1) is 11.0 Å². The van der Waals surface area contributed by atoms with E-state index in [1.807, 2.05) is 41.9 Å². The number of nitrogens with zero attached hydrogens (tertiary/aromatic N) is 3. The van der Waals surface area contributed by atoms with Crippen LogP contribution in [0.5, 0.6) is 0 Å². The second-order valence-corrected chi connectivity index (χ2v) is 12.0. The number of halogens is 2. The largest absolute Gasteiger partial charge is 0.457 e. The standard InChI is InChI=1S/C33H46FN3O4.ClH/c1-24(2)31-27-15-14-26(34)22-25(27)16-17-33(31,41-30(38)23-40-5)18-21-35(3)19-10-6-7-11-20-37-29-13-9-8-12-28(29)36(4)32(37)39;/h8-9,12-15,22,24,31H,6-7,10-11,16-21,23H2,1-5H3;1H/t31-,33-;/m0./s1. The van der Waals surface area contributed by atoms with Crippen molar-refractivity contribution < 1.29 is 18.7 Å². The van der Waals surface area contributed by atoms with Gasteiger partial charge in [-0.25, -0.2) is 14.0 Å². The van der Waals surface area contributed by atoms with Gasteiger partial charge in [0.15, 0.2) is 0 Å². The summed E-state index contributed by atoms with van der Waals surface area (Å²) < 4.78 is 29.0. The quantitative estimate of drug-likeness (QED) is 0.165. The number of carbonyl (C=O) groups excluding carboxylic acids is 1. The van der Waals surface area contributed by atoms with Crippen LogP contribution >= 0.6 is 12.4 Å². The van der Waals surface area contributed by atoms with E-state index in [1.54, 1.807) is 10.6 Å². The number of hydrogen-bond donors (Lipinski definition) is 0. The van der Waals surface area contributed by atoms with Crippen LogP contribution in [0.1, 0.15) is 69.4 Å². The fourth-order valence-electron chi connectivity index (χ4n) is 6.74. The first kappa shape index (κ1) is 33.8. The van der Waals surface area contributed by atoms with Crippen molar-refractivity contribution in [2.75, 3.05) is 33.9 Å². The fraction of sp³-hybridized carbons (Fsp3) is 0.576. The molecule has 0 aliphatic heterocycles. The molecule has 3 aromatic rings. The Bertz CT molecular complexity index is 1390. The van der Waals surface area contributed by atoms with E-state index in [9.17, 15) is 14.0 Å². The summed E-state index contributed by atoms with van der Waals surface area (Å²) in [5, 5.41) is 0. The summed E-state index contributed by atoms with van der Waals surface area (Å²) in [5.41, 5.74) is 3.45. The molecule has 2 atom stereocenters. The van der Waals surface area contributed by atoms with Crippen molar-refractivity contribution in [2.45, 2.75) is 76.9 Å². The summed E-state index contributed by atoms with van der Waals surface area (Å²) in [5.74, 6) is -0.372. The van der Waals surface area contributed by atoms with Crippen molar-refractivity contribution in [3.05, 3.63) is 69.9 Å². The molecule has 1 aromatic heterocycles. The van der Waals surface area contributed by atoms with Gasteiger partial charge in [0.25, 0.3) is 0 Å². The van der Waals surface area contributed by atoms with Crippen LogP contribution in [0.2, 0.25) is 0 Å². The summed E-state index contributed by atoms with van der Waals surface area (Å²) in [6.07, 6.45) is 6.24. The van der Waals surface area contributed by atoms with Crippen LogP contribution in [0.15, 0.2) is 47.3 Å². The van der Waals surface area contributed by atoms with Gasteiger partial charge in [-0.1, -0.05) is 44.9 Å². The van der Waals surface area contributed by atoms with Gasteiger partial charge in [-0.15, -0.1) is 12.4 Å². The fourth-order valence-corrected chi connectivity index (χ4v) is 6.74. The maximum atomic E-state index is 14.0. The van der Waals surface area contributed by atoms with Crippen molar-refractivity contribution in [2.24, 2.45) is 13.0 Å². The van der Waals surface area contributed by atoms with Gasteiger partial charge in [-0.3, -0.25) is 9.13 Å². The second kappa shape index (κ2) is 15.2. The Kier molecular flexibility index (Phi) is 12.2. The number of hydrogen-bond acceptors (Lipinski definition) is 5. The molecule has 0 radical (unpaired) electrons. The van der Waals surface area contributed by atoms with E-state index in [-0.39, 0.29) is 48.3 Å².